The summed E-state index contributed by atoms with van der Waals surface area (Å²) >= 11 is 0. The van der Waals surface area contributed by atoms with E-state index in [0.29, 0.717) is 17.7 Å². The summed E-state index contributed by atoms with van der Waals surface area (Å²) in [6.07, 6.45) is -0.404. The van der Waals surface area contributed by atoms with Crippen LogP contribution in [0.3, 0.4) is 0 Å². The number of rotatable bonds is 11. The fourth-order valence-corrected chi connectivity index (χ4v) is 3.94. The quantitative estimate of drug-likeness (QED) is 0.401. The molecule has 0 aliphatic carbocycles. The molecular formula is C29H40N4O5. The van der Waals surface area contributed by atoms with Crippen molar-refractivity contribution < 1.29 is 23.9 Å². The minimum Gasteiger partial charge on any atom is -0.444 e. The number of nitrogens with zero attached hydrogens (tertiary/aromatic N) is 1. The Labute approximate surface area is 225 Å². The average Bonchev–Trinajstić information content (AvgIpc) is 2.82. The maximum atomic E-state index is 14.0. The standard InChI is InChI=1S/C29H40N4O5/c1-7-18-33(27(36)23(16-17-24(30)34)32-28(37)38-29(4,5)6)25(21-14-12-19(2)13-15-21)26(35)31-22-11-9-8-10-20(22)3/h8-15,23,25H,7,16-18H2,1-6H3,(H2,30,34)(H,31,35)(H,32,37). The predicted octanol–water partition coefficient (Wildman–Crippen LogP) is 4.38. The van der Waals surface area contributed by atoms with Gasteiger partial charge in [-0.05, 0) is 64.7 Å². The number of alkyl carbamates (subject to hydrolysis) is 1. The Morgan fingerprint density at radius 2 is 1.63 bits per heavy atom. The van der Waals surface area contributed by atoms with Crippen molar-refractivity contribution >= 4 is 29.5 Å². The zero-order valence-corrected chi connectivity index (χ0v) is 23.2. The number of aryl methyl sites for hydroxylation is 2. The van der Waals surface area contributed by atoms with Crippen molar-refractivity contribution in [1.82, 2.24) is 10.2 Å². The van der Waals surface area contributed by atoms with Gasteiger partial charge in [0.1, 0.15) is 17.7 Å². The molecule has 2 aromatic rings. The highest BCUT2D eigenvalue weighted by Crippen LogP contribution is 2.26. The second-order valence-electron chi connectivity index (χ2n) is 10.4. The number of primary amides is 1. The number of carbonyl (C=O) groups is 4. The van der Waals surface area contributed by atoms with Crippen molar-refractivity contribution in [2.75, 3.05) is 11.9 Å². The molecular weight excluding hydrogens is 484 g/mol. The van der Waals surface area contributed by atoms with Crippen LogP contribution in [0, 0.1) is 13.8 Å². The maximum Gasteiger partial charge on any atom is 0.408 e. The van der Waals surface area contributed by atoms with Crippen LogP contribution >= 0.6 is 0 Å². The zero-order valence-electron chi connectivity index (χ0n) is 23.2. The zero-order chi connectivity index (χ0) is 28.5. The van der Waals surface area contributed by atoms with Gasteiger partial charge in [0.05, 0.1) is 0 Å². The van der Waals surface area contributed by atoms with E-state index < -0.39 is 41.5 Å². The lowest BCUT2D eigenvalue weighted by Gasteiger charge is -2.34. The highest BCUT2D eigenvalue weighted by Gasteiger charge is 2.36. The highest BCUT2D eigenvalue weighted by molar-refractivity contribution is 5.99. The molecule has 0 aliphatic heterocycles. The van der Waals surface area contributed by atoms with Gasteiger partial charge in [0, 0.05) is 18.7 Å². The Kier molecular flexibility index (Phi) is 10.9. The number of nitrogens with one attached hydrogen (secondary N) is 2. The highest BCUT2D eigenvalue weighted by atomic mass is 16.6. The number of benzene rings is 2. The Bertz CT molecular complexity index is 1120. The number of para-hydroxylation sites is 1. The van der Waals surface area contributed by atoms with Gasteiger partial charge in [0.2, 0.25) is 11.8 Å². The molecule has 38 heavy (non-hydrogen) atoms. The van der Waals surface area contributed by atoms with Crippen LogP contribution in [0.1, 0.15) is 69.7 Å². The maximum absolute atomic E-state index is 14.0. The second kappa shape index (κ2) is 13.6. The van der Waals surface area contributed by atoms with Gasteiger partial charge < -0.3 is 26.0 Å². The fourth-order valence-electron chi connectivity index (χ4n) is 3.94. The van der Waals surface area contributed by atoms with Crippen LogP contribution < -0.4 is 16.4 Å². The number of carbonyl (C=O) groups excluding carboxylic acids is 4. The van der Waals surface area contributed by atoms with Crippen LogP contribution in [-0.2, 0) is 19.1 Å². The summed E-state index contributed by atoms with van der Waals surface area (Å²) in [6.45, 7) is 11.1. The van der Waals surface area contributed by atoms with E-state index in [4.69, 9.17) is 10.5 Å². The first-order chi connectivity index (χ1) is 17.8. The molecule has 0 saturated carbocycles. The normalized spacial score (nSPS) is 12.7. The first-order valence-electron chi connectivity index (χ1n) is 12.8. The predicted molar refractivity (Wildman–Crippen MR) is 147 cm³/mol. The van der Waals surface area contributed by atoms with E-state index in [1.54, 1.807) is 26.8 Å². The Balaban J connectivity index is 2.49. The van der Waals surface area contributed by atoms with Crippen LogP contribution in [0.15, 0.2) is 48.5 Å². The van der Waals surface area contributed by atoms with Gasteiger partial charge in [-0.15, -0.1) is 0 Å². The first kappa shape index (κ1) is 30.3. The van der Waals surface area contributed by atoms with Gasteiger partial charge in [0.25, 0.3) is 5.91 Å². The van der Waals surface area contributed by atoms with Crippen molar-refractivity contribution in [1.29, 1.82) is 0 Å². The summed E-state index contributed by atoms with van der Waals surface area (Å²) in [4.78, 5) is 53.3. The summed E-state index contributed by atoms with van der Waals surface area (Å²) in [6, 6.07) is 12.6. The van der Waals surface area contributed by atoms with E-state index in [0.717, 1.165) is 11.1 Å². The smallest absolute Gasteiger partial charge is 0.408 e. The van der Waals surface area contributed by atoms with Crippen molar-refractivity contribution in [3.8, 4) is 0 Å². The Morgan fingerprint density at radius 1 is 1.00 bits per heavy atom. The van der Waals surface area contributed by atoms with Crippen molar-refractivity contribution in [3.63, 3.8) is 0 Å². The molecule has 0 radical (unpaired) electrons. The second-order valence-corrected chi connectivity index (χ2v) is 10.4. The molecule has 0 aliphatic rings. The molecule has 0 spiro atoms. The van der Waals surface area contributed by atoms with Crippen molar-refractivity contribution in [2.24, 2.45) is 5.73 Å². The van der Waals surface area contributed by atoms with E-state index in [1.807, 2.05) is 63.2 Å². The van der Waals surface area contributed by atoms with E-state index in [2.05, 4.69) is 10.6 Å². The van der Waals surface area contributed by atoms with Gasteiger partial charge in [0.15, 0.2) is 0 Å². The molecule has 0 saturated heterocycles. The van der Waals surface area contributed by atoms with Gasteiger partial charge >= 0.3 is 6.09 Å². The van der Waals surface area contributed by atoms with E-state index >= 15 is 0 Å². The third-order valence-electron chi connectivity index (χ3n) is 5.77. The molecule has 0 bridgehead atoms. The van der Waals surface area contributed by atoms with Gasteiger partial charge in [-0.1, -0.05) is 55.0 Å². The van der Waals surface area contributed by atoms with E-state index in [-0.39, 0.29) is 19.4 Å². The van der Waals surface area contributed by atoms with Crippen LogP contribution in [0.5, 0.6) is 0 Å². The third-order valence-corrected chi connectivity index (χ3v) is 5.77. The lowest BCUT2D eigenvalue weighted by molar-refractivity contribution is -0.141. The molecule has 4 N–H and O–H groups in total. The molecule has 9 nitrogen and oxygen atoms in total. The molecule has 2 atom stereocenters. The summed E-state index contributed by atoms with van der Waals surface area (Å²) in [5, 5.41) is 5.55. The largest absolute Gasteiger partial charge is 0.444 e. The fraction of sp³-hybridized carbons (Fsp3) is 0.448. The van der Waals surface area contributed by atoms with Crippen LogP contribution in [-0.4, -0.2) is 46.9 Å². The van der Waals surface area contributed by atoms with Gasteiger partial charge in [-0.25, -0.2) is 4.79 Å². The minimum atomic E-state index is -1.12. The molecule has 0 heterocycles. The number of ether oxygens (including phenoxy) is 1. The number of anilines is 1. The summed E-state index contributed by atoms with van der Waals surface area (Å²) in [5.74, 6) is -1.51. The summed E-state index contributed by atoms with van der Waals surface area (Å²) in [7, 11) is 0. The molecule has 2 aromatic carbocycles. The van der Waals surface area contributed by atoms with E-state index in [9.17, 15) is 19.2 Å². The van der Waals surface area contributed by atoms with Crippen molar-refractivity contribution in [3.05, 3.63) is 65.2 Å². The molecule has 206 valence electrons. The van der Waals surface area contributed by atoms with Crippen LogP contribution in [0.25, 0.3) is 0 Å². The molecule has 2 unspecified atom stereocenters. The number of nitrogens with two attached hydrogens (primary N) is 1. The van der Waals surface area contributed by atoms with E-state index in [1.165, 1.54) is 4.90 Å². The summed E-state index contributed by atoms with van der Waals surface area (Å²) < 4.78 is 5.35. The molecule has 9 heteroatoms. The lowest BCUT2D eigenvalue weighted by Crippen LogP contribution is -2.52. The SMILES string of the molecule is CCCN(C(=O)C(CCC(N)=O)NC(=O)OC(C)(C)C)C(C(=O)Nc1ccccc1C)c1ccc(C)cc1. The average molecular weight is 525 g/mol. The van der Waals surface area contributed by atoms with Crippen LogP contribution in [0.4, 0.5) is 10.5 Å². The first-order valence-corrected chi connectivity index (χ1v) is 12.8. The van der Waals surface area contributed by atoms with Crippen molar-refractivity contribution in [2.45, 2.75) is 78.5 Å². The van der Waals surface area contributed by atoms with Crippen LogP contribution in [0.2, 0.25) is 0 Å². The Morgan fingerprint density at radius 3 is 2.18 bits per heavy atom. The Hall–Kier alpha value is -3.88. The van der Waals surface area contributed by atoms with Gasteiger partial charge in [-0.2, -0.15) is 0 Å². The molecule has 2 rings (SSSR count). The lowest BCUT2D eigenvalue weighted by atomic mass is 10.00. The topological polar surface area (TPSA) is 131 Å². The minimum absolute atomic E-state index is 0.0341. The molecule has 0 fully saturated rings. The number of hydrogen-bond acceptors (Lipinski definition) is 5. The number of amides is 4. The molecule has 4 amide bonds. The number of hydrogen-bond donors (Lipinski definition) is 3. The van der Waals surface area contributed by atoms with Gasteiger partial charge in [-0.3, -0.25) is 14.4 Å². The third kappa shape index (κ3) is 9.21. The summed E-state index contributed by atoms with van der Waals surface area (Å²) in [5.41, 5.74) is 7.70. The monoisotopic (exact) mass is 524 g/mol. The molecule has 0 aromatic heterocycles.